The molecule has 2 rings (SSSR count). The minimum atomic E-state index is 0. The third kappa shape index (κ3) is 9.53. The first kappa shape index (κ1) is 23.7. The molecule has 0 aliphatic carbocycles. The van der Waals surface area contributed by atoms with Crippen LogP contribution < -0.4 is 10.6 Å². The van der Waals surface area contributed by atoms with Gasteiger partial charge in [-0.25, -0.2) is 0 Å². The van der Waals surface area contributed by atoms with Crippen molar-refractivity contribution in [3.05, 3.63) is 11.6 Å². The molecule has 0 saturated carbocycles. The standard InChI is InChI=1S/C19H36N4O2.HI/c1-4-20-19(21-8-5-17-6-10-24-11-7-17)22-13-18-15-23(9-12-25-18)14-16(2)3;/h6,16,18H,4-5,7-15H2,1-3H3,(H2,20,21,22);1H. The maximum absolute atomic E-state index is 5.89. The minimum Gasteiger partial charge on any atom is -0.377 e. The lowest BCUT2D eigenvalue weighted by molar-refractivity contribution is -0.0261. The van der Waals surface area contributed by atoms with E-state index in [-0.39, 0.29) is 30.1 Å². The maximum Gasteiger partial charge on any atom is 0.191 e. The lowest BCUT2D eigenvalue weighted by Gasteiger charge is -2.33. The van der Waals surface area contributed by atoms with E-state index in [2.05, 4.69) is 42.4 Å². The van der Waals surface area contributed by atoms with Crippen LogP contribution in [0.4, 0.5) is 0 Å². The molecule has 0 spiro atoms. The summed E-state index contributed by atoms with van der Waals surface area (Å²) in [4.78, 5) is 7.22. The van der Waals surface area contributed by atoms with Crippen molar-refractivity contribution in [1.29, 1.82) is 0 Å². The van der Waals surface area contributed by atoms with Crippen molar-refractivity contribution >= 4 is 29.9 Å². The van der Waals surface area contributed by atoms with Crippen molar-refractivity contribution in [2.45, 2.75) is 39.7 Å². The van der Waals surface area contributed by atoms with Gasteiger partial charge in [0.25, 0.3) is 0 Å². The Morgan fingerprint density at radius 2 is 2.19 bits per heavy atom. The number of halogens is 1. The van der Waals surface area contributed by atoms with Gasteiger partial charge in [0, 0.05) is 32.7 Å². The Bertz CT molecular complexity index is 443. The fraction of sp³-hybridized carbons (Fsp3) is 0.842. The third-order valence-electron chi connectivity index (χ3n) is 4.44. The first-order chi connectivity index (χ1) is 12.2. The lowest BCUT2D eigenvalue weighted by atomic mass is 10.1. The largest absolute Gasteiger partial charge is 0.377 e. The summed E-state index contributed by atoms with van der Waals surface area (Å²) in [6.07, 6.45) is 4.50. The van der Waals surface area contributed by atoms with Gasteiger partial charge in [-0.05, 0) is 25.7 Å². The molecule has 0 aromatic carbocycles. The summed E-state index contributed by atoms with van der Waals surface area (Å²) in [6.45, 7) is 14.7. The third-order valence-corrected chi connectivity index (χ3v) is 4.44. The van der Waals surface area contributed by atoms with Crippen molar-refractivity contribution in [2.75, 3.05) is 59.1 Å². The predicted octanol–water partition coefficient (Wildman–Crippen LogP) is 2.25. The molecular formula is C19H37IN4O2. The molecule has 2 N–H and O–H groups in total. The Labute approximate surface area is 176 Å². The molecule has 1 atom stereocenters. The van der Waals surface area contributed by atoms with E-state index in [1.165, 1.54) is 5.57 Å². The highest BCUT2D eigenvalue weighted by molar-refractivity contribution is 14.0. The van der Waals surface area contributed by atoms with Gasteiger partial charge in [-0.15, -0.1) is 24.0 Å². The zero-order chi connectivity index (χ0) is 17.9. The molecule has 0 radical (unpaired) electrons. The zero-order valence-electron chi connectivity index (χ0n) is 16.6. The fourth-order valence-electron chi connectivity index (χ4n) is 3.24. The van der Waals surface area contributed by atoms with Crippen LogP contribution in [0.15, 0.2) is 16.6 Å². The van der Waals surface area contributed by atoms with Crippen molar-refractivity contribution in [2.24, 2.45) is 10.9 Å². The molecule has 0 aromatic rings. The predicted molar refractivity (Wildman–Crippen MR) is 119 cm³/mol. The summed E-state index contributed by atoms with van der Waals surface area (Å²) in [6, 6.07) is 0. The van der Waals surface area contributed by atoms with E-state index >= 15 is 0 Å². The average Bonchev–Trinajstić information content (AvgIpc) is 2.60. The van der Waals surface area contributed by atoms with Gasteiger partial charge in [-0.3, -0.25) is 9.89 Å². The molecule has 0 aromatic heterocycles. The topological polar surface area (TPSA) is 58.1 Å². The molecule has 152 valence electrons. The van der Waals surface area contributed by atoms with Crippen LogP contribution in [0.1, 0.15) is 33.6 Å². The SMILES string of the molecule is CCNC(=NCC1CN(CC(C)C)CCO1)NCCC1=CCOCC1.I. The molecule has 1 fully saturated rings. The number of ether oxygens (including phenoxy) is 2. The molecule has 2 aliphatic rings. The van der Waals surface area contributed by atoms with Crippen molar-refractivity contribution in [3.63, 3.8) is 0 Å². The van der Waals surface area contributed by atoms with Crippen LogP contribution in [0.3, 0.4) is 0 Å². The summed E-state index contributed by atoms with van der Waals surface area (Å²) in [5.41, 5.74) is 1.48. The molecule has 1 saturated heterocycles. The van der Waals surface area contributed by atoms with Crippen LogP contribution in [0.5, 0.6) is 0 Å². The van der Waals surface area contributed by atoms with Crippen LogP contribution in [0.25, 0.3) is 0 Å². The number of hydrogen-bond donors (Lipinski definition) is 2. The lowest BCUT2D eigenvalue weighted by Crippen LogP contribution is -2.46. The molecule has 0 amide bonds. The molecule has 2 aliphatic heterocycles. The van der Waals surface area contributed by atoms with E-state index in [9.17, 15) is 0 Å². The zero-order valence-corrected chi connectivity index (χ0v) is 19.0. The van der Waals surface area contributed by atoms with Crippen LogP contribution in [0, 0.1) is 5.92 Å². The molecule has 6 nitrogen and oxygen atoms in total. The number of rotatable bonds is 8. The van der Waals surface area contributed by atoms with Crippen molar-refractivity contribution < 1.29 is 9.47 Å². The van der Waals surface area contributed by atoms with Gasteiger partial charge in [-0.2, -0.15) is 0 Å². The van der Waals surface area contributed by atoms with Crippen LogP contribution in [-0.4, -0.2) is 76.1 Å². The molecular weight excluding hydrogens is 443 g/mol. The number of morpholine rings is 1. The molecule has 7 heteroatoms. The Morgan fingerprint density at radius 1 is 1.35 bits per heavy atom. The van der Waals surface area contributed by atoms with E-state index in [1.54, 1.807) is 0 Å². The van der Waals surface area contributed by atoms with Gasteiger partial charge in [0.2, 0.25) is 0 Å². The van der Waals surface area contributed by atoms with Gasteiger partial charge >= 0.3 is 0 Å². The number of guanidine groups is 1. The summed E-state index contributed by atoms with van der Waals surface area (Å²) >= 11 is 0. The smallest absolute Gasteiger partial charge is 0.191 e. The molecule has 26 heavy (non-hydrogen) atoms. The molecule has 0 bridgehead atoms. The summed E-state index contributed by atoms with van der Waals surface area (Å²) in [5.74, 6) is 1.58. The molecule has 1 unspecified atom stereocenters. The quantitative estimate of drug-likeness (QED) is 0.242. The summed E-state index contributed by atoms with van der Waals surface area (Å²) in [7, 11) is 0. The van der Waals surface area contributed by atoms with E-state index in [1.807, 2.05) is 0 Å². The Balaban J connectivity index is 0.00000338. The second-order valence-corrected chi connectivity index (χ2v) is 7.23. The number of hydrogen-bond acceptors (Lipinski definition) is 4. The number of nitrogens with zero attached hydrogens (tertiary/aromatic N) is 2. The van der Waals surface area contributed by atoms with E-state index in [4.69, 9.17) is 14.5 Å². The van der Waals surface area contributed by atoms with Gasteiger partial charge in [-0.1, -0.05) is 25.5 Å². The van der Waals surface area contributed by atoms with Gasteiger partial charge < -0.3 is 20.1 Å². The van der Waals surface area contributed by atoms with Crippen LogP contribution in [0.2, 0.25) is 0 Å². The van der Waals surface area contributed by atoms with E-state index in [0.717, 1.165) is 71.3 Å². The van der Waals surface area contributed by atoms with Gasteiger partial charge in [0.05, 0.1) is 32.5 Å². The maximum atomic E-state index is 5.89. The molecule has 2 heterocycles. The number of nitrogens with one attached hydrogen (secondary N) is 2. The van der Waals surface area contributed by atoms with E-state index < -0.39 is 0 Å². The Kier molecular flexibility index (Phi) is 12.5. The van der Waals surface area contributed by atoms with Crippen molar-refractivity contribution in [1.82, 2.24) is 15.5 Å². The highest BCUT2D eigenvalue weighted by Gasteiger charge is 2.20. The fourth-order valence-corrected chi connectivity index (χ4v) is 3.24. The normalized spacial score (nSPS) is 21.9. The van der Waals surface area contributed by atoms with Crippen LogP contribution >= 0.6 is 24.0 Å². The van der Waals surface area contributed by atoms with E-state index in [0.29, 0.717) is 12.5 Å². The first-order valence-electron chi connectivity index (χ1n) is 9.79. The van der Waals surface area contributed by atoms with Gasteiger partial charge in [0.1, 0.15) is 0 Å². The van der Waals surface area contributed by atoms with Gasteiger partial charge in [0.15, 0.2) is 5.96 Å². The minimum absolute atomic E-state index is 0. The summed E-state index contributed by atoms with van der Waals surface area (Å²) < 4.78 is 11.2. The monoisotopic (exact) mass is 480 g/mol. The Morgan fingerprint density at radius 3 is 2.88 bits per heavy atom. The highest BCUT2D eigenvalue weighted by Crippen LogP contribution is 2.11. The number of aliphatic imine (C=N–C) groups is 1. The highest BCUT2D eigenvalue weighted by atomic mass is 127. The first-order valence-corrected chi connectivity index (χ1v) is 9.79. The van der Waals surface area contributed by atoms with Crippen molar-refractivity contribution in [3.8, 4) is 0 Å². The van der Waals surface area contributed by atoms with Crippen LogP contribution in [-0.2, 0) is 9.47 Å². The average molecular weight is 480 g/mol. The summed E-state index contributed by atoms with van der Waals surface area (Å²) in [5, 5.41) is 6.77. The second-order valence-electron chi connectivity index (χ2n) is 7.23. The Hall–Kier alpha value is -0.380. The second kappa shape index (κ2) is 13.7.